The van der Waals surface area contributed by atoms with Gasteiger partial charge in [-0.2, -0.15) is 0 Å². The molecule has 1 aromatic carbocycles. The van der Waals surface area contributed by atoms with Crippen molar-refractivity contribution in [1.29, 1.82) is 0 Å². The highest BCUT2D eigenvalue weighted by Gasteiger charge is 2.67. The third-order valence-electron chi connectivity index (χ3n) is 13.6. The Balaban J connectivity index is 1.37. The minimum Gasteiger partial charge on any atom is -0.393 e. The number of aliphatic hydroxyl groups excluding tert-OH is 1. The average molecular weight is 560 g/mol. The number of rotatable bonds is 4. The first-order valence-electron chi connectivity index (χ1n) is 16.5. The smallest absolute Gasteiger partial charge is 0.233 e. The first-order valence-corrected chi connectivity index (χ1v) is 16.5. The van der Waals surface area contributed by atoms with Gasteiger partial charge in [0.1, 0.15) is 0 Å². The zero-order valence-electron chi connectivity index (χ0n) is 26.6. The molecule has 0 aliphatic heterocycles. The lowest BCUT2D eigenvalue weighted by molar-refractivity contribution is -0.203. The summed E-state index contributed by atoms with van der Waals surface area (Å²) in [5.74, 6) is 2.54. The second-order valence-corrected chi connectivity index (χ2v) is 16.2. The fourth-order valence-corrected chi connectivity index (χ4v) is 11.8. The third-order valence-corrected chi connectivity index (χ3v) is 13.6. The number of hydrogen-bond donors (Lipinski definition) is 1. The standard InChI is InChI=1S/C37H53NO3/c1-23(2)31-27(39)21-37(33(41)38(7)22-24-11-9-8-10-12-24)20-15-26-25(32(31)37)13-14-29-35(26,5)18-16-28-34(3,4)30(40)17-19-36(28,29)6/h8-12,23,25-26,28-30,40H,13-22H2,1-7H3/t25?,26?,28?,29?,30-,35?,36-,37+/m0/s1. The summed E-state index contributed by atoms with van der Waals surface area (Å²) in [7, 11) is 1.94. The van der Waals surface area contributed by atoms with Crippen LogP contribution in [0.2, 0.25) is 0 Å². The van der Waals surface area contributed by atoms with Gasteiger partial charge < -0.3 is 10.0 Å². The summed E-state index contributed by atoms with van der Waals surface area (Å²) in [6, 6.07) is 10.2. The summed E-state index contributed by atoms with van der Waals surface area (Å²) < 4.78 is 0. The topological polar surface area (TPSA) is 57.6 Å². The molecule has 1 N–H and O–H groups in total. The molecule has 4 fully saturated rings. The minimum atomic E-state index is -0.664. The van der Waals surface area contributed by atoms with Crippen LogP contribution in [0.1, 0.15) is 105 Å². The normalized spacial score (nSPS) is 41.4. The Morgan fingerprint density at radius 2 is 1.61 bits per heavy atom. The van der Waals surface area contributed by atoms with Crippen molar-refractivity contribution in [1.82, 2.24) is 4.90 Å². The predicted octanol–water partition coefficient (Wildman–Crippen LogP) is 7.60. The summed E-state index contributed by atoms with van der Waals surface area (Å²) in [5.41, 5.74) is 3.11. The first kappa shape index (κ1) is 29.1. The highest BCUT2D eigenvalue weighted by Crippen LogP contribution is 2.73. The predicted molar refractivity (Wildman–Crippen MR) is 164 cm³/mol. The number of carbonyl (C=O) groups is 2. The van der Waals surface area contributed by atoms with E-state index in [-0.39, 0.29) is 40.0 Å². The molecule has 0 heterocycles. The van der Waals surface area contributed by atoms with E-state index in [9.17, 15) is 14.7 Å². The fourth-order valence-electron chi connectivity index (χ4n) is 11.8. The Kier molecular flexibility index (Phi) is 6.96. The number of aliphatic hydroxyl groups is 1. The maximum absolute atomic E-state index is 14.5. The van der Waals surface area contributed by atoms with Crippen LogP contribution in [0.5, 0.6) is 0 Å². The van der Waals surface area contributed by atoms with Crippen LogP contribution < -0.4 is 0 Å². The van der Waals surface area contributed by atoms with Crippen molar-refractivity contribution >= 4 is 11.7 Å². The summed E-state index contributed by atoms with van der Waals surface area (Å²) in [6.07, 6.45) is 8.65. The molecule has 4 nitrogen and oxygen atoms in total. The molecule has 0 aromatic heterocycles. The summed E-state index contributed by atoms with van der Waals surface area (Å²) in [5, 5.41) is 11.0. The monoisotopic (exact) mass is 559 g/mol. The van der Waals surface area contributed by atoms with E-state index in [1.54, 1.807) is 0 Å². The highest BCUT2D eigenvalue weighted by atomic mass is 16.3. The molecule has 0 saturated heterocycles. The molecule has 5 unspecified atom stereocenters. The molecule has 6 rings (SSSR count). The van der Waals surface area contributed by atoms with Crippen LogP contribution in [-0.4, -0.2) is 34.8 Å². The Morgan fingerprint density at radius 1 is 0.927 bits per heavy atom. The minimum absolute atomic E-state index is 0.0478. The summed E-state index contributed by atoms with van der Waals surface area (Å²) >= 11 is 0. The van der Waals surface area contributed by atoms with Gasteiger partial charge in [0.25, 0.3) is 0 Å². The number of fused-ring (bicyclic) bond motifs is 7. The SMILES string of the molecule is CC(C)C1=C2C3CCC4C(C)(CCC5C(C)(C)[C@@H](O)CC[C@]45C)C3CC[C@@]2(C(=O)N(C)Cc2ccccc2)CC1=O. The van der Waals surface area contributed by atoms with E-state index in [0.717, 1.165) is 43.2 Å². The lowest BCUT2D eigenvalue weighted by atomic mass is 9.36. The van der Waals surface area contributed by atoms with Crippen molar-refractivity contribution in [2.75, 3.05) is 7.05 Å². The van der Waals surface area contributed by atoms with Gasteiger partial charge in [0.05, 0.1) is 11.5 Å². The molecule has 0 spiro atoms. The van der Waals surface area contributed by atoms with Crippen LogP contribution in [0.4, 0.5) is 0 Å². The summed E-state index contributed by atoms with van der Waals surface area (Å²) in [6.45, 7) is 14.7. The Morgan fingerprint density at radius 3 is 2.29 bits per heavy atom. The maximum atomic E-state index is 14.5. The molecule has 41 heavy (non-hydrogen) atoms. The molecule has 0 radical (unpaired) electrons. The van der Waals surface area contributed by atoms with Crippen molar-refractivity contribution in [3.8, 4) is 0 Å². The number of carbonyl (C=O) groups excluding carboxylic acids is 2. The van der Waals surface area contributed by atoms with Gasteiger partial charge in [-0.25, -0.2) is 0 Å². The second-order valence-electron chi connectivity index (χ2n) is 16.2. The molecule has 5 aliphatic rings. The van der Waals surface area contributed by atoms with Gasteiger partial charge in [-0.15, -0.1) is 0 Å². The number of nitrogens with zero attached hydrogens (tertiary/aromatic N) is 1. The average Bonchev–Trinajstić information content (AvgIpc) is 3.24. The Hall–Kier alpha value is -1.94. The molecule has 4 heteroatoms. The molecule has 0 bridgehead atoms. The molecule has 1 aromatic rings. The molecule has 5 aliphatic carbocycles. The van der Waals surface area contributed by atoms with Gasteiger partial charge >= 0.3 is 0 Å². The molecule has 4 saturated carbocycles. The van der Waals surface area contributed by atoms with Crippen LogP contribution in [-0.2, 0) is 16.1 Å². The quantitative estimate of drug-likeness (QED) is 0.413. The molecular formula is C37H53NO3. The van der Waals surface area contributed by atoms with E-state index in [1.807, 2.05) is 30.1 Å². The molecule has 224 valence electrons. The van der Waals surface area contributed by atoms with Crippen LogP contribution >= 0.6 is 0 Å². The van der Waals surface area contributed by atoms with Crippen LogP contribution in [0.15, 0.2) is 41.5 Å². The molecule has 1 amide bonds. The Bertz CT molecular complexity index is 1250. The molecule has 8 atom stereocenters. The zero-order chi connectivity index (χ0) is 29.5. The van der Waals surface area contributed by atoms with Crippen molar-refractivity contribution in [2.24, 2.45) is 51.2 Å². The van der Waals surface area contributed by atoms with Crippen molar-refractivity contribution in [3.05, 3.63) is 47.0 Å². The van der Waals surface area contributed by atoms with E-state index in [1.165, 1.54) is 24.8 Å². The first-order chi connectivity index (χ1) is 19.3. The number of allylic oxidation sites excluding steroid dienone is 1. The van der Waals surface area contributed by atoms with Gasteiger partial charge in [0.15, 0.2) is 5.78 Å². The fraction of sp³-hybridized carbons (Fsp3) is 0.730. The van der Waals surface area contributed by atoms with Crippen molar-refractivity contribution in [2.45, 2.75) is 112 Å². The van der Waals surface area contributed by atoms with E-state index < -0.39 is 5.41 Å². The number of ketones is 1. The number of hydrogen-bond acceptors (Lipinski definition) is 3. The van der Waals surface area contributed by atoms with E-state index in [2.05, 4.69) is 53.7 Å². The van der Waals surface area contributed by atoms with E-state index in [0.29, 0.717) is 36.6 Å². The summed E-state index contributed by atoms with van der Waals surface area (Å²) in [4.78, 5) is 30.2. The lowest BCUT2D eigenvalue weighted by Gasteiger charge is -2.68. The van der Waals surface area contributed by atoms with Crippen LogP contribution in [0.3, 0.4) is 0 Å². The van der Waals surface area contributed by atoms with Gasteiger partial charge in [-0.1, -0.05) is 71.9 Å². The van der Waals surface area contributed by atoms with Crippen LogP contribution in [0.25, 0.3) is 0 Å². The lowest BCUT2D eigenvalue weighted by Crippen LogP contribution is -2.63. The van der Waals surface area contributed by atoms with Gasteiger partial charge in [-0.05, 0) is 114 Å². The largest absolute Gasteiger partial charge is 0.393 e. The number of amides is 1. The van der Waals surface area contributed by atoms with Gasteiger partial charge in [0.2, 0.25) is 5.91 Å². The highest BCUT2D eigenvalue weighted by molar-refractivity contribution is 6.06. The number of benzene rings is 1. The Labute approximate surface area is 248 Å². The van der Waals surface area contributed by atoms with Gasteiger partial charge in [-0.3, -0.25) is 9.59 Å². The maximum Gasteiger partial charge on any atom is 0.233 e. The van der Waals surface area contributed by atoms with Gasteiger partial charge in [0, 0.05) is 20.0 Å². The van der Waals surface area contributed by atoms with E-state index >= 15 is 0 Å². The van der Waals surface area contributed by atoms with Crippen molar-refractivity contribution in [3.63, 3.8) is 0 Å². The zero-order valence-corrected chi connectivity index (χ0v) is 26.6. The second kappa shape index (κ2) is 9.79. The third kappa shape index (κ3) is 4.09. The number of Topliss-reactive ketones (excluding diaryl/α,β-unsaturated/α-hetero) is 1. The van der Waals surface area contributed by atoms with Crippen molar-refractivity contribution < 1.29 is 14.7 Å². The van der Waals surface area contributed by atoms with Crippen LogP contribution in [0, 0.1) is 51.2 Å². The van der Waals surface area contributed by atoms with E-state index in [4.69, 9.17) is 0 Å². The molecular weight excluding hydrogens is 506 g/mol.